The molecule has 2 heterocycles. The van der Waals surface area contributed by atoms with Gasteiger partial charge in [0.05, 0.1) is 11.7 Å². The van der Waals surface area contributed by atoms with Crippen LogP contribution in [-0.2, 0) is 13.0 Å². The molecule has 0 radical (unpaired) electrons. The summed E-state index contributed by atoms with van der Waals surface area (Å²) in [6.07, 6.45) is 1.86. The first-order chi connectivity index (χ1) is 9.21. The van der Waals surface area contributed by atoms with E-state index in [0.717, 1.165) is 50.4 Å². The molecule has 1 aliphatic rings. The van der Waals surface area contributed by atoms with Crippen LogP contribution in [-0.4, -0.2) is 46.3 Å². The Bertz CT molecular complexity index is 437. The van der Waals surface area contributed by atoms with Crippen molar-refractivity contribution in [2.24, 2.45) is 0 Å². The van der Waals surface area contributed by atoms with E-state index in [1.165, 1.54) is 0 Å². The molecule has 0 aromatic carbocycles. The zero-order valence-corrected chi connectivity index (χ0v) is 12.1. The fourth-order valence-corrected chi connectivity index (χ4v) is 2.39. The molecule has 1 aliphatic heterocycles. The van der Waals surface area contributed by atoms with Gasteiger partial charge in [-0.25, -0.2) is 0 Å². The van der Waals surface area contributed by atoms with Crippen molar-refractivity contribution in [3.63, 3.8) is 0 Å². The minimum atomic E-state index is 0.127. The Morgan fingerprint density at radius 3 is 2.68 bits per heavy atom. The lowest BCUT2D eigenvalue weighted by molar-refractivity contribution is 0.0603. The van der Waals surface area contributed by atoms with Crippen molar-refractivity contribution < 1.29 is 4.79 Å². The lowest BCUT2D eigenvalue weighted by atomic mass is 10.1. The van der Waals surface area contributed by atoms with Crippen molar-refractivity contribution in [3.8, 4) is 0 Å². The largest absolute Gasteiger partial charge is 0.332 e. The molecule has 0 aliphatic carbocycles. The second-order valence-electron chi connectivity index (χ2n) is 5.00. The molecule has 0 spiro atoms. The van der Waals surface area contributed by atoms with Gasteiger partial charge < -0.3 is 10.2 Å². The van der Waals surface area contributed by atoms with Gasteiger partial charge in [-0.1, -0.05) is 13.8 Å². The molecule has 2 rings (SSSR count). The second kappa shape index (κ2) is 6.19. The molecule has 106 valence electrons. The predicted octanol–water partition coefficient (Wildman–Crippen LogP) is 1.29. The van der Waals surface area contributed by atoms with Crippen LogP contribution in [0.4, 0.5) is 0 Å². The maximum absolute atomic E-state index is 12.7. The van der Waals surface area contributed by atoms with Crippen molar-refractivity contribution in [2.75, 3.05) is 19.6 Å². The highest BCUT2D eigenvalue weighted by atomic mass is 16.2. The van der Waals surface area contributed by atoms with Gasteiger partial charge in [-0.15, -0.1) is 0 Å². The van der Waals surface area contributed by atoms with Crippen molar-refractivity contribution in [1.29, 1.82) is 0 Å². The molecule has 0 bridgehead atoms. The zero-order chi connectivity index (χ0) is 13.8. The summed E-state index contributed by atoms with van der Waals surface area (Å²) in [7, 11) is 0. The third-order valence-electron chi connectivity index (χ3n) is 3.64. The number of aryl methyl sites for hydroxylation is 2. The fraction of sp³-hybridized carbons (Fsp3) is 0.714. The van der Waals surface area contributed by atoms with Crippen molar-refractivity contribution in [3.05, 3.63) is 17.5 Å². The number of carbonyl (C=O) groups is 1. The number of aromatic nitrogens is 2. The molecule has 0 unspecified atom stereocenters. The van der Waals surface area contributed by atoms with E-state index in [9.17, 15) is 4.79 Å². The first kappa shape index (κ1) is 14.1. The van der Waals surface area contributed by atoms with Crippen molar-refractivity contribution in [1.82, 2.24) is 20.0 Å². The highest BCUT2D eigenvalue weighted by Gasteiger charge is 2.30. The first-order valence-electron chi connectivity index (χ1n) is 7.29. The molecule has 19 heavy (non-hydrogen) atoms. The average Bonchev–Trinajstić information content (AvgIpc) is 2.78. The molecule has 1 fully saturated rings. The monoisotopic (exact) mass is 264 g/mol. The van der Waals surface area contributed by atoms with E-state index in [1.807, 2.05) is 22.6 Å². The number of hydrogen-bond donors (Lipinski definition) is 1. The Hall–Kier alpha value is -1.36. The summed E-state index contributed by atoms with van der Waals surface area (Å²) in [5.41, 5.74) is 1.73. The fourth-order valence-electron chi connectivity index (χ4n) is 2.39. The standard InChI is InChI=1S/C14H24N4O/c1-4-7-17(12-9-15-10-12)14(19)13-8-11(5-2)16-18(13)6-3/h8,12,15H,4-7,9-10H2,1-3H3. The number of nitrogens with one attached hydrogen (secondary N) is 1. The third kappa shape index (κ3) is 2.81. The van der Waals surface area contributed by atoms with Gasteiger partial charge in [-0.05, 0) is 25.8 Å². The molecule has 0 saturated carbocycles. The molecule has 0 atom stereocenters. The maximum atomic E-state index is 12.7. The number of nitrogens with zero attached hydrogens (tertiary/aromatic N) is 3. The van der Waals surface area contributed by atoms with Crippen LogP contribution in [0.25, 0.3) is 0 Å². The van der Waals surface area contributed by atoms with Crippen LogP contribution < -0.4 is 5.32 Å². The summed E-state index contributed by atoms with van der Waals surface area (Å²) in [5, 5.41) is 7.70. The highest BCUT2D eigenvalue weighted by Crippen LogP contribution is 2.14. The van der Waals surface area contributed by atoms with Gasteiger partial charge in [0.2, 0.25) is 0 Å². The summed E-state index contributed by atoms with van der Waals surface area (Å²) in [6.45, 7) is 9.58. The smallest absolute Gasteiger partial charge is 0.272 e. The van der Waals surface area contributed by atoms with Gasteiger partial charge in [0.1, 0.15) is 5.69 Å². The van der Waals surface area contributed by atoms with Gasteiger partial charge in [0.15, 0.2) is 0 Å². The number of amides is 1. The van der Waals surface area contributed by atoms with E-state index in [4.69, 9.17) is 0 Å². The van der Waals surface area contributed by atoms with Crippen LogP contribution in [0.15, 0.2) is 6.07 Å². The quantitative estimate of drug-likeness (QED) is 0.842. The summed E-state index contributed by atoms with van der Waals surface area (Å²) in [5.74, 6) is 0.127. The van der Waals surface area contributed by atoms with E-state index >= 15 is 0 Å². The van der Waals surface area contributed by atoms with Crippen LogP contribution in [0.3, 0.4) is 0 Å². The molecule has 5 heteroatoms. The van der Waals surface area contributed by atoms with Gasteiger partial charge >= 0.3 is 0 Å². The zero-order valence-electron chi connectivity index (χ0n) is 12.1. The lowest BCUT2D eigenvalue weighted by Crippen LogP contribution is -2.59. The molecule has 5 nitrogen and oxygen atoms in total. The molecule has 1 saturated heterocycles. The van der Waals surface area contributed by atoms with Gasteiger partial charge in [-0.2, -0.15) is 5.10 Å². The Kier molecular flexibility index (Phi) is 4.58. The average molecular weight is 264 g/mol. The number of rotatable bonds is 6. The minimum Gasteiger partial charge on any atom is -0.332 e. The van der Waals surface area contributed by atoms with Crippen LogP contribution in [0, 0.1) is 0 Å². The van der Waals surface area contributed by atoms with Crippen LogP contribution >= 0.6 is 0 Å². The second-order valence-corrected chi connectivity index (χ2v) is 5.00. The molecule has 1 aromatic rings. The SMILES string of the molecule is CCCN(C(=O)c1cc(CC)nn1CC)C1CNC1. The Morgan fingerprint density at radius 1 is 1.47 bits per heavy atom. The van der Waals surface area contributed by atoms with Crippen molar-refractivity contribution >= 4 is 5.91 Å². The molecule has 1 amide bonds. The van der Waals surface area contributed by atoms with Gasteiger partial charge in [-0.3, -0.25) is 9.48 Å². The molecule has 1 aromatic heterocycles. The maximum Gasteiger partial charge on any atom is 0.272 e. The molecule has 1 N–H and O–H groups in total. The van der Waals surface area contributed by atoms with Gasteiger partial charge in [0.25, 0.3) is 5.91 Å². The van der Waals surface area contributed by atoms with Gasteiger partial charge in [0, 0.05) is 26.2 Å². The Morgan fingerprint density at radius 2 is 2.21 bits per heavy atom. The third-order valence-corrected chi connectivity index (χ3v) is 3.64. The predicted molar refractivity (Wildman–Crippen MR) is 75.3 cm³/mol. The summed E-state index contributed by atoms with van der Waals surface area (Å²) >= 11 is 0. The highest BCUT2D eigenvalue weighted by molar-refractivity contribution is 5.93. The van der Waals surface area contributed by atoms with Crippen LogP contribution in [0.2, 0.25) is 0 Å². The molecular weight excluding hydrogens is 240 g/mol. The first-order valence-corrected chi connectivity index (χ1v) is 7.29. The van der Waals surface area contributed by atoms with E-state index in [2.05, 4.69) is 24.3 Å². The summed E-state index contributed by atoms with van der Waals surface area (Å²) in [4.78, 5) is 14.7. The van der Waals surface area contributed by atoms with Crippen LogP contribution in [0.5, 0.6) is 0 Å². The topological polar surface area (TPSA) is 50.2 Å². The number of carbonyl (C=O) groups excluding carboxylic acids is 1. The van der Waals surface area contributed by atoms with E-state index in [1.54, 1.807) is 0 Å². The van der Waals surface area contributed by atoms with E-state index in [0.29, 0.717) is 6.04 Å². The normalized spacial score (nSPS) is 15.3. The lowest BCUT2D eigenvalue weighted by Gasteiger charge is -2.38. The molecular formula is C14H24N4O. The Balaban J connectivity index is 2.22. The summed E-state index contributed by atoms with van der Waals surface area (Å²) < 4.78 is 1.83. The minimum absolute atomic E-state index is 0.127. The Labute approximate surface area is 115 Å². The number of hydrogen-bond acceptors (Lipinski definition) is 3. The van der Waals surface area contributed by atoms with Crippen molar-refractivity contribution in [2.45, 2.75) is 46.2 Å². The van der Waals surface area contributed by atoms with E-state index in [-0.39, 0.29) is 5.91 Å². The van der Waals surface area contributed by atoms with E-state index < -0.39 is 0 Å². The van der Waals surface area contributed by atoms with Crippen LogP contribution in [0.1, 0.15) is 43.4 Å². The summed E-state index contributed by atoms with van der Waals surface area (Å²) in [6, 6.07) is 2.29.